The molecule has 0 unspecified atom stereocenters. The second-order valence-corrected chi connectivity index (χ2v) is 12.3. The van der Waals surface area contributed by atoms with E-state index in [0.29, 0.717) is 22.6 Å². The Hall–Kier alpha value is -5.95. The van der Waals surface area contributed by atoms with Crippen LogP contribution in [0, 0.1) is 5.92 Å². The molecule has 1 amide bonds. The van der Waals surface area contributed by atoms with E-state index in [1.165, 1.54) is 0 Å². The van der Waals surface area contributed by atoms with Gasteiger partial charge in [-0.05, 0) is 58.7 Å². The number of benzene rings is 5. The molecule has 4 atom stereocenters. The topological polar surface area (TPSA) is 84.9 Å². The van der Waals surface area contributed by atoms with Crippen molar-refractivity contribution in [1.29, 1.82) is 0 Å². The molecule has 3 aliphatic heterocycles. The van der Waals surface area contributed by atoms with Crippen molar-refractivity contribution in [3.8, 4) is 5.75 Å². The van der Waals surface area contributed by atoms with Gasteiger partial charge in [0, 0.05) is 16.9 Å². The average Bonchev–Trinajstić information content (AvgIpc) is 3.63. The molecular formula is C41H32N2O5. The van der Waals surface area contributed by atoms with Crippen LogP contribution >= 0.6 is 0 Å². The zero-order valence-corrected chi connectivity index (χ0v) is 26.2. The lowest BCUT2D eigenvalue weighted by molar-refractivity contribution is -0.156. The number of ketones is 1. The van der Waals surface area contributed by atoms with Gasteiger partial charge in [0.25, 0.3) is 0 Å². The first-order valence-electron chi connectivity index (χ1n) is 16.0. The van der Waals surface area contributed by atoms with Crippen molar-refractivity contribution in [2.45, 2.75) is 23.6 Å². The van der Waals surface area contributed by atoms with E-state index in [2.05, 4.69) is 5.32 Å². The lowest BCUT2D eigenvalue weighted by Crippen LogP contribution is -2.51. The minimum absolute atomic E-state index is 0.292. The third kappa shape index (κ3) is 4.46. The van der Waals surface area contributed by atoms with Gasteiger partial charge in [0.15, 0.2) is 11.9 Å². The van der Waals surface area contributed by atoms with Crippen LogP contribution in [0.3, 0.4) is 0 Å². The van der Waals surface area contributed by atoms with Crippen LogP contribution in [-0.4, -0.2) is 36.9 Å². The molecule has 8 rings (SSSR count). The first-order chi connectivity index (χ1) is 23.5. The van der Waals surface area contributed by atoms with E-state index in [4.69, 9.17) is 9.47 Å². The van der Waals surface area contributed by atoms with Gasteiger partial charge >= 0.3 is 5.97 Å². The molecule has 3 heterocycles. The molecule has 7 heteroatoms. The minimum Gasteiger partial charge on any atom is -0.497 e. The van der Waals surface area contributed by atoms with Crippen LogP contribution in [0.2, 0.25) is 0 Å². The van der Waals surface area contributed by atoms with Crippen LogP contribution in [0.4, 0.5) is 11.4 Å². The largest absolute Gasteiger partial charge is 0.497 e. The molecule has 0 radical (unpaired) electrons. The van der Waals surface area contributed by atoms with E-state index in [9.17, 15) is 9.59 Å². The van der Waals surface area contributed by atoms with E-state index in [1.807, 2.05) is 126 Å². The molecule has 5 aromatic carbocycles. The number of nitrogens with zero attached hydrogens (tertiary/aromatic N) is 1. The number of fused-ring (bicyclic) bond motifs is 6. The Kier molecular flexibility index (Phi) is 7.17. The molecule has 0 aliphatic carbocycles. The number of amides is 1. The van der Waals surface area contributed by atoms with Crippen molar-refractivity contribution in [3.05, 3.63) is 167 Å². The summed E-state index contributed by atoms with van der Waals surface area (Å²) in [6.45, 7) is 0. The van der Waals surface area contributed by atoms with Crippen molar-refractivity contribution in [3.63, 3.8) is 0 Å². The van der Waals surface area contributed by atoms with Crippen molar-refractivity contribution in [2.24, 2.45) is 5.92 Å². The summed E-state index contributed by atoms with van der Waals surface area (Å²) in [5.74, 6) is -1.88. The van der Waals surface area contributed by atoms with Crippen molar-refractivity contribution in [1.82, 2.24) is 0 Å². The predicted molar refractivity (Wildman–Crippen MR) is 184 cm³/mol. The third-order valence-electron chi connectivity index (χ3n) is 9.88. The molecule has 1 saturated heterocycles. The minimum atomic E-state index is -1.47. The first kappa shape index (κ1) is 29.5. The van der Waals surface area contributed by atoms with Gasteiger partial charge in [0.2, 0.25) is 5.91 Å². The van der Waals surface area contributed by atoms with E-state index in [0.717, 1.165) is 22.4 Å². The number of esters is 1. The number of ether oxygens (including phenoxy) is 2. The van der Waals surface area contributed by atoms with Crippen molar-refractivity contribution in [2.75, 3.05) is 17.3 Å². The molecule has 236 valence electrons. The highest BCUT2D eigenvalue weighted by Gasteiger charge is 2.71. The standard InChI is InChI=1S/C41H32N2O5/c1-47-30-23-20-27(21-24-30)37(44)36-35(39(45)48-38(28-13-4-2-5-14-28)29-15-6-3-7-16-29)41(31-17-9-10-18-32(31)42-40(41)46)34-25-22-26-12-8-11-19-33(26)43(34)36/h2-25,34-36,38H,1H3,(H,42,46)/t34-,35-,36-,41-/m1/s1. The highest BCUT2D eigenvalue weighted by molar-refractivity contribution is 6.15. The first-order valence-corrected chi connectivity index (χ1v) is 16.0. The normalized spacial score (nSPS) is 21.8. The van der Waals surface area contributed by atoms with Crippen LogP contribution in [0.1, 0.15) is 38.7 Å². The lowest BCUT2D eigenvalue weighted by Gasteiger charge is -2.37. The second kappa shape index (κ2) is 11.7. The monoisotopic (exact) mass is 632 g/mol. The Morgan fingerprint density at radius 2 is 1.40 bits per heavy atom. The Morgan fingerprint density at radius 1 is 0.771 bits per heavy atom. The maximum Gasteiger partial charge on any atom is 0.314 e. The molecule has 1 N–H and O–H groups in total. The summed E-state index contributed by atoms with van der Waals surface area (Å²) >= 11 is 0. The zero-order valence-electron chi connectivity index (χ0n) is 26.2. The number of anilines is 2. The maximum atomic E-state index is 15.2. The van der Waals surface area contributed by atoms with Gasteiger partial charge < -0.3 is 19.7 Å². The molecule has 5 aromatic rings. The van der Waals surface area contributed by atoms with Crippen molar-refractivity contribution >= 4 is 35.1 Å². The van der Waals surface area contributed by atoms with Crippen molar-refractivity contribution < 1.29 is 23.9 Å². The molecule has 0 bridgehead atoms. The van der Waals surface area contributed by atoms with Gasteiger partial charge in [-0.1, -0.05) is 109 Å². The van der Waals surface area contributed by atoms with Gasteiger partial charge in [0.1, 0.15) is 23.1 Å². The number of para-hydroxylation sites is 2. The summed E-state index contributed by atoms with van der Waals surface area (Å²) in [4.78, 5) is 46.8. The smallest absolute Gasteiger partial charge is 0.314 e. The summed E-state index contributed by atoms with van der Waals surface area (Å²) in [6.07, 6.45) is 3.16. The van der Waals surface area contributed by atoms with E-state index in [-0.39, 0.29) is 11.7 Å². The summed E-state index contributed by atoms with van der Waals surface area (Å²) in [6, 6.07) is 39.4. The number of methoxy groups -OCH3 is 1. The highest BCUT2D eigenvalue weighted by Crippen LogP contribution is 2.58. The summed E-state index contributed by atoms with van der Waals surface area (Å²) < 4.78 is 11.9. The molecule has 0 aromatic heterocycles. The number of hydrogen-bond acceptors (Lipinski definition) is 6. The van der Waals surface area contributed by atoms with E-state index < -0.39 is 35.5 Å². The summed E-state index contributed by atoms with van der Waals surface area (Å²) in [5.41, 5.74) is 3.43. The molecule has 1 fully saturated rings. The number of rotatable bonds is 7. The van der Waals surface area contributed by atoms with Crippen LogP contribution in [-0.2, 0) is 19.7 Å². The summed E-state index contributed by atoms with van der Waals surface area (Å²) in [5, 5.41) is 3.07. The van der Waals surface area contributed by atoms with Gasteiger partial charge in [0.05, 0.1) is 13.2 Å². The quantitative estimate of drug-likeness (QED) is 0.154. The highest BCUT2D eigenvalue weighted by atomic mass is 16.5. The number of hydrogen-bond donors (Lipinski definition) is 1. The number of carbonyl (C=O) groups excluding carboxylic acids is 3. The predicted octanol–water partition coefficient (Wildman–Crippen LogP) is 7.00. The van der Waals surface area contributed by atoms with Crippen LogP contribution < -0.4 is 15.0 Å². The fraction of sp³-hybridized carbons (Fsp3) is 0.146. The molecule has 48 heavy (non-hydrogen) atoms. The van der Waals surface area contributed by atoms with E-state index in [1.54, 1.807) is 31.4 Å². The Balaban J connectivity index is 1.35. The SMILES string of the molecule is COc1ccc(C(=O)[C@H]2[C@H](C(=O)OC(c3ccccc3)c3ccccc3)[C@]3(C(=O)Nc4ccccc43)[C@H]3C=Cc4ccccc4N23)cc1. The number of Topliss-reactive ketones (excluding diaryl/α,β-unsaturated/α-hetero) is 1. The summed E-state index contributed by atoms with van der Waals surface area (Å²) in [7, 11) is 1.57. The average molecular weight is 633 g/mol. The molecule has 0 saturated carbocycles. The maximum absolute atomic E-state index is 15.2. The molecular weight excluding hydrogens is 600 g/mol. The van der Waals surface area contributed by atoms with Crippen LogP contribution in [0.5, 0.6) is 5.75 Å². The molecule has 1 spiro atoms. The van der Waals surface area contributed by atoms with Gasteiger partial charge in [-0.15, -0.1) is 0 Å². The fourth-order valence-electron chi connectivity index (χ4n) is 7.78. The van der Waals surface area contributed by atoms with Crippen LogP contribution in [0.25, 0.3) is 6.08 Å². The Bertz CT molecular complexity index is 2020. The Morgan fingerprint density at radius 3 is 2.08 bits per heavy atom. The lowest BCUT2D eigenvalue weighted by atomic mass is 9.66. The molecule has 7 nitrogen and oxygen atoms in total. The van der Waals surface area contributed by atoms with Gasteiger partial charge in [-0.25, -0.2) is 0 Å². The Labute approximate surface area is 278 Å². The van der Waals surface area contributed by atoms with Gasteiger partial charge in [-0.2, -0.15) is 0 Å². The van der Waals surface area contributed by atoms with Crippen LogP contribution in [0.15, 0.2) is 140 Å². The third-order valence-corrected chi connectivity index (χ3v) is 9.88. The molecule has 3 aliphatic rings. The second-order valence-electron chi connectivity index (χ2n) is 12.3. The fourth-order valence-corrected chi connectivity index (χ4v) is 7.78. The van der Waals surface area contributed by atoms with E-state index >= 15 is 4.79 Å². The van der Waals surface area contributed by atoms with Gasteiger partial charge in [-0.3, -0.25) is 14.4 Å². The number of carbonyl (C=O) groups is 3. The zero-order chi connectivity index (χ0) is 32.8. The number of nitrogens with one attached hydrogen (secondary N) is 1.